The Morgan fingerprint density at radius 3 is 2.64 bits per heavy atom. The first-order valence-corrected chi connectivity index (χ1v) is 7.52. The van der Waals surface area contributed by atoms with E-state index >= 15 is 0 Å². The number of hydrogen-bond acceptors (Lipinski definition) is 2. The van der Waals surface area contributed by atoms with Crippen molar-refractivity contribution in [3.63, 3.8) is 0 Å². The van der Waals surface area contributed by atoms with Crippen LogP contribution in [0.1, 0.15) is 29.3 Å². The van der Waals surface area contributed by atoms with Crippen LogP contribution in [0.2, 0.25) is 0 Å². The normalized spacial score (nSPS) is 10.5. The fraction of sp³-hybridized carbons (Fsp3) is 0.316. The van der Waals surface area contributed by atoms with E-state index in [-0.39, 0.29) is 6.67 Å². The van der Waals surface area contributed by atoms with Gasteiger partial charge in [-0.15, -0.1) is 0 Å². The predicted octanol–water partition coefficient (Wildman–Crippen LogP) is 4.75. The molecule has 0 saturated heterocycles. The standard InChI is InChI=1S/C19H23FN2/c1-14(2)22(19-6-5-11-21-16(19)4)13-18-12-15(3)7-8-17(18)9-10-20/h5-8,11-12H,1,9-10,13H2,2-4H3. The second-order valence-corrected chi connectivity index (χ2v) is 5.64. The molecule has 0 unspecified atom stereocenters. The lowest BCUT2D eigenvalue weighted by Gasteiger charge is -2.27. The molecule has 0 atom stereocenters. The van der Waals surface area contributed by atoms with Crippen LogP contribution in [0.3, 0.4) is 0 Å². The Morgan fingerprint density at radius 2 is 2.00 bits per heavy atom. The van der Waals surface area contributed by atoms with E-state index in [2.05, 4.69) is 29.5 Å². The monoisotopic (exact) mass is 298 g/mol. The van der Waals surface area contributed by atoms with E-state index < -0.39 is 0 Å². The smallest absolute Gasteiger partial charge is 0.0934 e. The first-order valence-electron chi connectivity index (χ1n) is 7.52. The molecule has 0 fully saturated rings. The Labute approximate surface area is 132 Å². The van der Waals surface area contributed by atoms with Crippen LogP contribution >= 0.6 is 0 Å². The molecule has 3 heteroatoms. The summed E-state index contributed by atoms with van der Waals surface area (Å²) in [7, 11) is 0. The summed E-state index contributed by atoms with van der Waals surface area (Å²) in [6.45, 7) is 10.5. The van der Waals surface area contributed by atoms with Crippen LogP contribution in [-0.2, 0) is 13.0 Å². The van der Waals surface area contributed by atoms with Crippen molar-refractivity contribution in [2.24, 2.45) is 0 Å². The molecule has 2 nitrogen and oxygen atoms in total. The van der Waals surface area contributed by atoms with Crippen molar-refractivity contribution in [3.8, 4) is 0 Å². The Hall–Kier alpha value is -2.16. The van der Waals surface area contributed by atoms with E-state index in [0.717, 1.165) is 28.2 Å². The summed E-state index contributed by atoms with van der Waals surface area (Å²) in [5.74, 6) is 0. The second kappa shape index (κ2) is 7.21. The Morgan fingerprint density at radius 1 is 1.23 bits per heavy atom. The van der Waals surface area contributed by atoms with Crippen LogP contribution in [0.15, 0.2) is 48.8 Å². The molecule has 0 radical (unpaired) electrons. The Balaban J connectivity index is 2.39. The van der Waals surface area contributed by atoms with Crippen LogP contribution in [0.4, 0.5) is 10.1 Å². The first kappa shape index (κ1) is 16.2. The van der Waals surface area contributed by atoms with Gasteiger partial charge in [0.05, 0.1) is 18.1 Å². The minimum Gasteiger partial charge on any atom is -0.340 e. The van der Waals surface area contributed by atoms with Gasteiger partial charge in [0.1, 0.15) is 0 Å². The number of nitrogens with zero attached hydrogens (tertiary/aromatic N) is 2. The minimum atomic E-state index is -0.338. The van der Waals surface area contributed by atoms with Gasteiger partial charge in [0.2, 0.25) is 0 Å². The maximum absolute atomic E-state index is 12.8. The fourth-order valence-electron chi connectivity index (χ4n) is 2.60. The van der Waals surface area contributed by atoms with Gasteiger partial charge >= 0.3 is 0 Å². The number of anilines is 1. The highest BCUT2D eigenvalue weighted by Gasteiger charge is 2.13. The zero-order valence-electron chi connectivity index (χ0n) is 13.6. The van der Waals surface area contributed by atoms with Gasteiger partial charge in [-0.1, -0.05) is 30.3 Å². The molecule has 0 saturated carbocycles. The molecule has 0 aliphatic heterocycles. The number of hydrogen-bond donors (Lipinski definition) is 0. The number of aromatic nitrogens is 1. The highest BCUT2D eigenvalue weighted by Crippen LogP contribution is 2.25. The van der Waals surface area contributed by atoms with E-state index in [1.54, 1.807) is 6.20 Å². The maximum atomic E-state index is 12.8. The van der Waals surface area contributed by atoms with Crippen molar-refractivity contribution in [2.75, 3.05) is 11.6 Å². The molecular weight excluding hydrogens is 275 g/mol. The average Bonchev–Trinajstić information content (AvgIpc) is 2.48. The number of rotatable bonds is 6. The molecule has 2 rings (SSSR count). The topological polar surface area (TPSA) is 16.1 Å². The maximum Gasteiger partial charge on any atom is 0.0934 e. The minimum absolute atomic E-state index is 0.338. The number of pyridine rings is 1. The molecule has 0 amide bonds. The van der Waals surface area contributed by atoms with Crippen molar-refractivity contribution in [2.45, 2.75) is 33.7 Å². The third-order valence-electron chi connectivity index (χ3n) is 3.78. The molecule has 0 aliphatic carbocycles. The molecular formula is C19H23FN2. The molecule has 0 bridgehead atoms. The van der Waals surface area contributed by atoms with Gasteiger partial charge in [-0.25, -0.2) is 0 Å². The third kappa shape index (κ3) is 3.73. The lowest BCUT2D eigenvalue weighted by atomic mass is 10.0. The quantitative estimate of drug-likeness (QED) is 0.765. The lowest BCUT2D eigenvalue weighted by molar-refractivity contribution is 0.494. The molecule has 0 spiro atoms. The molecule has 2 aromatic rings. The fourth-order valence-corrected chi connectivity index (χ4v) is 2.60. The van der Waals surface area contributed by atoms with Crippen molar-refractivity contribution in [1.29, 1.82) is 0 Å². The number of benzene rings is 1. The molecule has 0 N–H and O–H groups in total. The van der Waals surface area contributed by atoms with Gasteiger partial charge in [0, 0.05) is 24.9 Å². The second-order valence-electron chi connectivity index (χ2n) is 5.64. The number of alkyl halides is 1. The van der Waals surface area contributed by atoms with Gasteiger partial charge in [0.15, 0.2) is 0 Å². The van der Waals surface area contributed by atoms with Crippen molar-refractivity contribution in [1.82, 2.24) is 4.98 Å². The number of aryl methyl sites for hydroxylation is 3. The van der Waals surface area contributed by atoms with Gasteiger partial charge in [-0.2, -0.15) is 0 Å². The summed E-state index contributed by atoms with van der Waals surface area (Å²) in [4.78, 5) is 6.50. The zero-order chi connectivity index (χ0) is 16.1. The van der Waals surface area contributed by atoms with Gasteiger partial charge in [-0.3, -0.25) is 9.37 Å². The number of halogens is 1. The highest BCUT2D eigenvalue weighted by atomic mass is 19.1. The van der Waals surface area contributed by atoms with Crippen molar-refractivity contribution < 1.29 is 4.39 Å². The van der Waals surface area contributed by atoms with Gasteiger partial charge in [-0.05, 0) is 44.0 Å². The van der Waals surface area contributed by atoms with Crippen molar-refractivity contribution >= 4 is 5.69 Å². The van der Waals surface area contributed by atoms with Gasteiger partial charge in [0.25, 0.3) is 0 Å². The summed E-state index contributed by atoms with van der Waals surface area (Å²) in [5.41, 5.74) is 6.34. The summed E-state index contributed by atoms with van der Waals surface area (Å²) < 4.78 is 12.8. The first-order chi connectivity index (χ1) is 10.5. The van der Waals surface area contributed by atoms with Gasteiger partial charge < -0.3 is 4.90 Å². The Kier molecular flexibility index (Phi) is 5.31. The zero-order valence-corrected chi connectivity index (χ0v) is 13.6. The van der Waals surface area contributed by atoms with Crippen LogP contribution in [-0.4, -0.2) is 11.7 Å². The molecule has 1 aromatic heterocycles. The van der Waals surface area contributed by atoms with E-state index in [0.29, 0.717) is 13.0 Å². The summed E-state index contributed by atoms with van der Waals surface area (Å²) >= 11 is 0. The molecule has 1 heterocycles. The highest BCUT2D eigenvalue weighted by molar-refractivity contribution is 5.55. The third-order valence-corrected chi connectivity index (χ3v) is 3.78. The molecule has 22 heavy (non-hydrogen) atoms. The largest absolute Gasteiger partial charge is 0.340 e. The molecule has 1 aromatic carbocycles. The molecule has 0 aliphatic rings. The van der Waals surface area contributed by atoms with Crippen LogP contribution in [0.5, 0.6) is 0 Å². The van der Waals surface area contributed by atoms with E-state index in [9.17, 15) is 4.39 Å². The van der Waals surface area contributed by atoms with E-state index in [1.165, 1.54) is 5.56 Å². The van der Waals surface area contributed by atoms with Crippen LogP contribution in [0, 0.1) is 13.8 Å². The van der Waals surface area contributed by atoms with E-state index in [4.69, 9.17) is 0 Å². The Bertz CT molecular complexity index is 664. The predicted molar refractivity (Wildman–Crippen MR) is 90.8 cm³/mol. The summed E-state index contributed by atoms with van der Waals surface area (Å²) in [6.07, 6.45) is 2.24. The summed E-state index contributed by atoms with van der Waals surface area (Å²) in [5, 5.41) is 0. The summed E-state index contributed by atoms with van der Waals surface area (Å²) in [6, 6.07) is 10.2. The SMILES string of the molecule is C=C(C)N(Cc1cc(C)ccc1CCF)c1cccnc1C. The van der Waals surface area contributed by atoms with Crippen LogP contribution < -0.4 is 4.90 Å². The van der Waals surface area contributed by atoms with Crippen LogP contribution in [0.25, 0.3) is 0 Å². The van der Waals surface area contributed by atoms with Crippen molar-refractivity contribution in [3.05, 3.63) is 71.2 Å². The average molecular weight is 298 g/mol. The molecule has 116 valence electrons. The lowest BCUT2D eigenvalue weighted by Crippen LogP contribution is -2.22. The number of allylic oxidation sites excluding steroid dienone is 1. The van der Waals surface area contributed by atoms with E-state index in [1.807, 2.05) is 38.1 Å².